The second kappa shape index (κ2) is 9.18. The lowest BCUT2D eigenvalue weighted by Gasteiger charge is -2.21. The van der Waals surface area contributed by atoms with Gasteiger partial charge in [-0.05, 0) is 55.0 Å². The van der Waals surface area contributed by atoms with Crippen molar-refractivity contribution in [2.45, 2.75) is 6.92 Å². The van der Waals surface area contributed by atoms with Gasteiger partial charge in [-0.25, -0.2) is 18.2 Å². The molecule has 10 heteroatoms. The van der Waals surface area contributed by atoms with Gasteiger partial charge in [-0.2, -0.15) is 5.10 Å². The summed E-state index contributed by atoms with van der Waals surface area (Å²) in [6.45, 7) is 1.62. The number of amides is 1. The van der Waals surface area contributed by atoms with Crippen molar-refractivity contribution < 1.29 is 27.4 Å². The molecule has 2 aromatic carbocycles. The van der Waals surface area contributed by atoms with Gasteiger partial charge in [0.15, 0.2) is 11.5 Å². The van der Waals surface area contributed by atoms with Crippen molar-refractivity contribution in [2.75, 3.05) is 23.7 Å². The first-order valence-corrected chi connectivity index (χ1v) is 10.1. The van der Waals surface area contributed by atoms with Crippen molar-refractivity contribution in [2.24, 2.45) is 5.10 Å². The standard InChI is InChI=1S/C18H20FN3O5S/c1-3-27-17-10-13(4-9-16(17)23)11-20-21-18(24)12-22(28(2,25)26)15-7-5-14(19)6-8-15/h4-11,23H,3,12H2,1-2H3,(H,21,24)/b20-11-. The number of hydrogen-bond donors (Lipinski definition) is 2. The number of hydrazone groups is 1. The van der Waals surface area contributed by atoms with Gasteiger partial charge in [-0.15, -0.1) is 0 Å². The lowest BCUT2D eigenvalue weighted by Crippen LogP contribution is -2.39. The van der Waals surface area contributed by atoms with Gasteiger partial charge in [-0.1, -0.05) is 0 Å². The van der Waals surface area contributed by atoms with Crippen LogP contribution in [0.2, 0.25) is 0 Å². The molecule has 150 valence electrons. The summed E-state index contributed by atoms with van der Waals surface area (Å²) in [5.74, 6) is -0.954. The lowest BCUT2D eigenvalue weighted by atomic mass is 10.2. The second-order valence-electron chi connectivity index (χ2n) is 5.70. The molecule has 28 heavy (non-hydrogen) atoms. The molecule has 0 atom stereocenters. The number of phenols is 1. The molecule has 0 heterocycles. The van der Waals surface area contributed by atoms with Crippen LogP contribution >= 0.6 is 0 Å². The maximum atomic E-state index is 13.0. The molecular weight excluding hydrogens is 389 g/mol. The number of anilines is 1. The van der Waals surface area contributed by atoms with Gasteiger partial charge in [0, 0.05) is 0 Å². The van der Waals surface area contributed by atoms with Crippen LogP contribution in [0.1, 0.15) is 12.5 Å². The van der Waals surface area contributed by atoms with Crippen molar-refractivity contribution in [3.63, 3.8) is 0 Å². The third-order valence-electron chi connectivity index (χ3n) is 3.49. The summed E-state index contributed by atoms with van der Waals surface area (Å²) in [6.07, 6.45) is 2.27. The van der Waals surface area contributed by atoms with Crippen LogP contribution in [0.25, 0.3) is 0 Å². The Labute approximate surface area is 162 Å². The normalized spacial score (nSPS) is 11.4. The third-order valence-corrected chi connectivity index (χ3v) is 4.63. The van der Waals surface area contributed by atoms with Gasteiger partial charge in [0.1, 0.15) is 12.4 Å². The first kappa shape index (κ1) is 21.2. The van der Waals surface area contributed by atoms with Crippen molar-refractivity contribution in [3.8, 4) is 11.5 Å². The minimum Gasteiger partial charge on any atom is -0.504 e. The number of carbonyl (C=O) groups is 1. The van der Waals surface area contributed by atoms with Gasteiger partial charge < -0.3 is 9.84 Å². The molecule has 2 N–H and O–H groups in total. The molecule has 2 rings (SSSR count). The molecule has 0 aromatic heterocycles. The van der Waals surface area contributed by atoms with E-state index in [0.717, 1.165) is 22.7 Å². The first-order valence-electron chi connectivity index (χ1n) is 8.21. The number of sulfonamides is 1. The van der Waals surface area contributed by atoms with Crippen molar-refractivity contribution in [3.05, 3.63) is 53.8 Å². The molecule has 0 bridgehead atoms. The van der Waals surface area contributed by atoms with Gasteiger partial charge in [-0.3, -0.25) is 9.10 Å². The van der Waals surface area contributed by atoms with Crippen LogP contribution in [0.5, 0.6) is 11.5 Å². The van der Waals surface area contributed by atoms with Crippen LogP contribution in [0, 0.1) is 5.82 Å². The Kier molecular flexibility index (Phi) is 6.94. The van der Waals surface area contributed by atoms with Gasteiger partial charge in [0.05, 0.1) is 24.8 Å². The smallest absolute Gasteiger partial charge is 0.260 e. The highest BCUT2D eigenvalue weighted by Gasteiger charge is 2.20. The minimum atomic E-state index is -3.77. The van der Waals surface area contributed by atoms with Crippen molar-refractivity contribution in [1.29, 1.82) is 0 Å². The predicted molar refractivity (Wildman–Crippen MR) is 104 cm³/mol. The fourth-order valence-corrected chi connectivity index (χ4v) is 3.09. The van der Waals surface area contributed by atoms with Gasteiger partial charge >= 0.3 is 0 Å². The summed E-state index contributed by atoms with van der Waals surface area (Å²) >= 11 is 0. The number of nitrogens with one attached hydrogen (secondary N) is 1. The Morgan fingerprint density at radius 1 is 1.29 bits per heavy atom. The topological polar surface area (TPSA) is 108 Å². The van der Waals surface area contributed by atoms with E-state index < -0.39 is 28.3 Å². The van der Waals surface area contributed by atoms with Crippen LogP contribution in [-0.2, 0) is 14.8 Å². The van der Waals surface area contributed by atoms with E-state index in [-0.39, 0.29) is 17.2 Å². The molecular formula is C18H20FN3O5S. The van der Waals surface area contributed by atoms with Crippen LogP contribution in [0.15, 0.2) is 47.6 Å². The maximum Gasteiger partial charge on any atom is 0.260 e. The number of phenolic OH excluding ortho intramolecular Hbond substituents is 1. The maximum absolute atomic E-state index is 13.0. The monoisotopic (exact) mass is 409 g/mol. The first-order chi connectivity index (χ1) is 13.2. The number of rotatable bonds is 8. The van der Waals surface area contributed by atoms with Crippen molar-refractivity contribution >= 4 is 27.8 Å². The Balaban J connectivity index is 2.06. The van der Waals surface area contributed by atoms with E-state index in [1.807, 2.05) is 0 Å². The van der Waals surface area contributed by atoms with E-state index in [1.54, 1.807) is 13.0 Å². The highest BCUT2D eigenvalue weighted by Crippen LogP contribution is 2.26. The zero-order valence-electron chi connectivity index (χ0n) is 15.3. The van der Waals surface area contributed by atoms with E-state index in [9.17, 15) is 22.7 Å². The summed E-state index contributed by atoms with van der Waals surface area (Å²) in [5.41, 5.74) is 2.94. The van der Waals surface area contributed by atoms with E-state index in [4.69, 9.17) is 4.74 Å². The molecule has 8 nitrogen and oxygen atoms in total. The molecule has 1 amide bonds. The number of halogens is 1. The zero-order valence-corrected chi connectivity index (χ0v) is 16.1. The summed E-state index contributed by atoms with van der Waals surface area (Å²) in [7, 11) is -3.77. The number of ether oxygens (including phenoxy) is 1. The molecule has 0 unspecified atom stereocenters. The Hall–Kier alpha value is -3.14. The number of hydrogen-bond acceptors (Lipinski definition) is 6. The SMILES string of the molecule is CCOc1cc(/C=N\NC(=O)CN(c2ccc(F)cc2)S(C)(=O)=O)ccc1O. The average molecular weight is 409 g/mol. The number of carbonyl (C=O) groups excluding carboxylic acids is 1. The fraction of sp³-hybridized carbons (Fsp3) is 0.222. The zero-order chi connectivity index (χ0) is 20.7. The minimum absolute atomic E-state index is 0.0221. The van der Waals surface area contributed by atoms with E-state index in [0.29, 0.717) is 12.2 Å². The molecule has 0 aliphatic rings. The summed E-state index contributed by atoms with van der Waals surface area (Å²) in [6, 6.07) is 9.25. The number of benzene rings is 2. The van der Waals surface area contributed by atoms with E-state index in [2.05, 4.69) is 10.5 Å². The summed E-state index contributed by atoms with van der Waals surface area (Å²) < 4.78 is 43.0. The molecule has 0 spiro atoms. The largest absolute Gasteiger partial charge is 0.504 e. The highest BCUT2D eigenvalue weighted by molar-refractivity contribution is 7.92. The second-order valence-corrected chi connectivity index (χ2v) is 7.61. The molecule has 0 aliphatic heterocycles. The fourth-order valence-electron chi connectivity index (χ4n) is 2.23. The Morgan fingerprint density at radius 3 is 2.57 bits per heavy atom. The molecule has 2 aromatic rings. The van der Waals surface area contributed by atoms with Crippen LogP contribution < -0.4 is 14.5 Å². The quantitative estimate of drug-likeness (QED) is 0.511. The summed E-state index contributed by atoms with van der Waals surface area (Å²) in [5, 5.41) is 13.4. The van der Waals surface area contributed by atoms with Gasteiger partial charge in [0.25, 0.3) is 5.91 Å². The molecule has 0 fully saturated rings. The van der Waals surface area contributed by atoms with Crippen LogP contribution in [0.3, 0.4) is 0 Å². The lowest BCUT2D eigenvalue weighted by molar-refractivity contribution is -0.119. The average Bonchev–Trinajstić information content (AvgIpc) is 2.62. The predicted octanol–water partition coefficient (Wildman–Crippen LogP) is 1.85. The third kappa shape index (κ3) is 5.95. The van der Waals surface area contributed by atoms with Gasteiger partial charge in [0.2, 0.25) is 10.0 Å². The number of nitrogens with zero attached hydrogens (tertiary/aromatic N) is 2. The van der Waals surface area contributed by atoms with Crippen LogP contribution in [0.4, 0.5) is 10.1 Å². The van der Waals surface area contributed by atoms with E-state index >= 15 is 0 Å². The highest BCUT2D eigenvalue weighted by atomic mass is 32.2. The molecule has 0 aliphatic carbocycles. The molecule has 0 radical (unpaired) electrons. The number of aromatic hydroxyl groups is 1. The Bertz CT molecular complexity index is 962. The Morgan fingerprint density at radius 2 is 1.96 bits per heavy atom. The molecule has 0 saturated carbocycles. The summed E-state index contributed by atoms with van der Waals surface area (Å²) in [4.78, 5) is 12.1. The van der Waals surface area contributed by atoms with E-state index in [1.165, 1.54) is 30.5 Å². The van der Waals surface area contributed by atoms with Crippen LogP contribution in [-0.4, -0.2) is 45.1 Å². The molecule has 0 saturated heterocycles. The van der Waals surface area contributed by atoms with Crippen molar-refractivity contribution in [1.82, 2.24) is 5.43 Å².